The Labute approximate surface area is 149 Å². The Morgan fingerprint density at radius 3 is 2.88 bits per heavy atom. The highest BCUT2D eigenvalue weighted by atomic mass is 16.2. The fraction of sp³-hybridized carbons (Fsp3) is 0.765. The number of fused-ring (bicyclic) bond motifs is 1. The zero-order valence-electron chi connectivity index (χ0n) is 15.5. The van der Waals surface area contributed by atoms with Gasteiger partial charge in [0, 0.05) is 40.2 Å². The lowest BCUT2D eigenvalue weighted by atomic mass is 9.84. The van der Waals surface area contributed by atoms with E-state index in [0.29, 0.717) is 6.54 Å². The second-order valence-corrected chi connectivity index (χ2v) is 7.35. The van der Waals surface area contributed by atoms with E-state index in [1.807, 2.05) is 18.8 Å². The Morgan fingerprint density at radius 2 is 2.20 bits per heavy atom. The highest BCUT2D eigenvalue weighted by Crippen LogP contribution is 2.38. The molecule has 8 heteroatoms. The number of amides is 1. The number of carbonyl (C=O) groups excluding carboxylic acids is 1. The van der Waals surface area contributed by atoms with E-state index in [9.17, 15) is 4.79 Å². The molecular formula is C17H29N7O. The molecule has 1 fully saturated rings. The van der Waals surface area contributed by atoms with Gasteiger partial charge in [0.1, 0.15) is 12.2 Å². The molecule has 0 spiro atoms. The third-order valence-electron chi connectivity index (χ3n) is 5.38. The molecule has 0 aromatic carbocycles. The lowest BCUT2D eigenvalue weighted by molar-refractivity contribution is -0.138. The van der Waals surface area contributed by atoms with Crippen LogP contribution >= 0.6 is 0 Å². The largest absolute Gasteiger partial charge is 0.355 e. The summed E-state index contributed by atoms with van der Waals surface area (Å²) in [5.74, 6) is 2.02. The number of aromatic nitrogens is 3. The Bertz CT molecular complexity index is 631. The first-order valence-electron chi connectivity index (χ1n) is 9.10. The molecule has 138 valence electrons. The van der Waals surface area contributed by atoms with Crippen LogP contribution in [0.15, 0.2) is 11.3 Å². The van der Waals surface area contributed by atoms with Crippen LogP contribution in [0.2, 0.25) is 0 Å². The van der Waals surface area contributed by atoms with Crippen molar-refractivity contribution in [3.8, 4) is 0 Å². The van der Waals surface area contributed by atoms with Gasteiger partial charge in [-0.15, -0.1) is 0 Å². The van der Waals surface area contributed by atoms with E-state index in [4.69, 9.17) is 0 Å². The summed E-state index contributed by atoms with van der Waals surface area (Å²) in [5, 5.41) is 11.1. The fourth-order valence-electron chi connectivity index (χ4n) is 3.99. The summed E-state index contributed by atoms with van der Waals surface area (Å²) in [6.45, 7) is 1.42. The zero-order chi connectivity index (χ0) is 17.9. The Balaban J connectivity index is 1.58. The van der Waals surface area contributed by atoms with Crippen molar-refractivity contribution in [2.75, 3.05) is 27.7 Å². The van der Waals surface area contributed by atoms with Crippen LogP contribution in [0.1, 0.15) is 37.9 Å². The van der Waals surface area contributed by atoms with E-state index < -0.39 is 0 Å². The molecule has 0 radical (unpaired) electrons. The minimum absolute atomic E-state index is 0.220. The van der Waals surface area contributed by atoms with Crippen LogP contribution in [0.4, 0.5) is 0 Å². The van der Waals surface area contributed by atoms with Crippen molar-refractivity contribution in [2.24, 2.45) is 10.4 Å². The third-order valence-corrected chi connectivity index (χ3v) is 5.38. The van der Waals surface area contributed by atoms with Gasteiger partial charge in [-0.25, -0.2) is 9.67 Å². The average Bonchev–Trinajstić information content (AvgIpc) is 3.27. The first-order valence-corrected chi connectivity index (χ1v) is 9.10. The van der Waals surface area contributed by atoms with Crippen molar-refractivity contribution < 1.29 is 4.79 Å². The monoisotopic (exact) mass is 347 g/mol. The van der Waals surface area contributed by atoms with Gasteiger partial charge in [-0.1, -0.05) is 12.8 Å². The minimum atomic E-state index is -0.299. The van der Waals surface area contributed by atoms with Crippen molar-refractivity contribution >= 4 is 11.9 Å². The smallest absolute Gasteiger partial charge is 0.230 e. The van der Waals surface area contributed by atoms with E-state index in [-0.39, 0.29) is 17.4 Å². The van der Waals surface area contributed by atoms with Gasteiger partial charge >= 0.3 is 0 Å². The van der Waals surface area contributed by atoms with Crippen LogP contribution in [0.5, 0.6) is 0 Å². The number of aryl methyl sites for hydroxylation is 1. The molecule has 25 heavy (non-hydrogen) atoms. The second kappa shape index (κ2) is 7.41. The summed E-state index contributed by atoms with van der Waals surface area (Å²) >= 11 is 0. The van der Waals surface area contributed by atoms with Crippen molar-refractivity contribution in [2.45, 2.75) is 51.1 Å². The lowest BCUT2D eigenvalue weighted by Crippen LogP contribution is -2.52. The van der Waals surface area contributed by atoms with Crippen LogP contribution in [0.3, 0.4) is 0 Å². The molecule has 1 aliphatic heterocycles. The molecule has 0 bridgehead atoms. The van der Waals surface area contributed by atoms with Gasteiger partial charge in [-0.2, -0.15) is 5.10 Å². The van der Waals surface area contributed by atoms with Crippen LogP contribution in [0.25, 0.3) is 0 Å². The molecule has 2 heterocycles. The van der Waals surface area contributed by atoms with E-state index in [1.54, 1.807) is 18.3 Å². The number of hydrogen-bond acceptors (Lipinski definition) is 4. The van der Waals surface area contributed by atoms with Gasteiger partial charge in [0.2, 0.25) is 5.91 Å². The predicted molar refractivity (Wildman–Crippen MR) is 96.2 cm³/mol. The van der Waals surface area contributed by atoms with E-state index in [1.165, 1.54) is 0 Å². The molecule has 1 amide bonds. The number of carbonyl (C=O) groups is 1. The van der Waals surface area contributed by atoms with Crippen LogP contribution in [0, 0.1) is 5.41 Å². The number of aliphatic imine (C=N–C) groups is 1. The number of hydrogen-bond donors (Lipinski definition) is 2. The zero-order valence-corrected chi connectivity index (χ0v) is 15.5. The summed E-state index contributed by atoms with van der Waals surface area (Å²) in [5.41, 5.74) is -0.299. The first kappa shape index (κ1) is 17.7. The molecule has 2 N–H and O–H groups in total. The summed E-state index contributed by atoms with van der Waals surface area (Å²) in [7, 11) is 5.45. The van der Waals surface area contributed by atoms with E-state index in [0.717, 1.165) is 56.9 Å². The molecule has 1 saturated carbocycles. The Morgan fingerprint density at radius 1 is 1.44 bits per heavy atom. The van der Waals surface area contributed by atoms with E-state index in [2.05, 4.69) is 25.7 Å². The predicted octanol–water partition coefficient (Wildman–Crippen LogP) is 0.407. The van der Waals surface area contributed by atoms with Crippen LogP contribution < -0.4 is 10.6 Å². The number of guanidine groups is 1. The van der Waals surface area contributed by atoms with Crippen molar-refractivity contribution in [3.63, 3.8) is 0 Å². The van der Waals surface area contributed by atoms with Crippen LogP contribution in [-0.4, -0.2) is 65.3 Å². The van der Waals surface area contributed by atoms with Crippen molar-refractivity contribution in [3.05, 3.63) is 12.2 Å². The standard InChI is InChI=1S/C17H29N7O/c1-18-16(22-13-6-7-14-20-12-21-24(14)10-13)19-11-17(8-4-5-9-17)15(25)23(2)3/h12-13H,4-11H2,1-3H3,(H2,18,19,22). The second-order valence-electron chi connectivity index (χ2n) is 7.35. The highest BCUT2D eigenvalue weighted by molar-refractivity contribution is 5.85. The van der Waals surface area contributed by atoms with E-state index >= 15 is 0 Å². The number of nitrogens with one attached hydrogen (secondary N) is 2. The maximum absolute atomic E-state index is 12.7. The van der Waals surface area contributed by atoms with Gasteiger partial charge in [-0.3, -0.25) is 9.79 Å². The van der Waals surface area contributed by atoms with Gasteiger partial charge in [-0.05, 0) is 19.3 Å². The quantitative estimate of drug-likeness (QED) is 0.608. The third kappa shape index (κ3) is 3.77. The molecule has 1 aromatic rings. The summed E-state index contributed by atoms with van der Waals surface area (Å²) < 4.78 is 1.95. The molecule has 1 aromatic heterocycles. The average molecular weight is 347 g/mol. The normalized spacial score (nSPS) is 22.4. The molecule has 2 aliphatic rings. The molecule has 3 rings (SSSR count). The summed E-state index contributed by atoms with van der Waals surface area (Å²) in [4.78, 5) is 23.0. The number of rotatable bonds is 4. The van der Waals surface area contributed by atoms with Crippen molar-refractivity contribution in [1.82, 2.24) is 30.3 Å². The SMILES string of the molecule is CN=C(NCC1(C(=O)N(C)C)CCCC1)NC1CCc2ncnn2C1. The molecule has 1 atom stereocenters. The minimum Gasteiger partial charge on any atom is -0.355 e. The fourth-order valence-corrected chi connectivity index (χ4v) is 3.99. The topological polar surface area (TPSA) is 87.4 Å². The molecule has 1 unspecified atom stereocenters. The maximum Gasteiger partial charge on any atom is 0.230 e. The molecule has 1 aliphatic carbocycles. The van der Waals surface area contributed by atoms with Gasteiger partial charge < -0.3 is 15.5 Å². The maximum atomic E-state index is 12.7. The van der Waals surface area contributed by atoms with Crippen LogP contribution in [-0.2, 0) is 17.8 Å². The highest BCUT2D eigenvalue weighted by Gasteiger charge is 2.42. The molecule has 8 nitrogen and oxygen atoms in total. The molecule has 0 saturated heterocycles. The molecular weight excluding hydrogens is 318 g/mol. The Kier molecular flexibility index (Phi) is 5.24. The van der Waals surface area contributed by atoms with Gasteiger partial charge in [0.25, 0.3) is 0 Å². The summed E-state index contributed by atoms with van der Waals surface area (Å²) in [6, 6.07) is 0.268. The Hall–Kier alpha value is -2.12. The lowest BCUT2D eigenvalue weighted by Gasteiger charge is -2.32. The first-order chi connectivity index (χ1) is 12.0. The van der Waals surface area contributed by atoms with Gasteiger partial charge in [0.15, 0.2) is 5.96 Å². The van der Waals surface area contributed by atoms with Crippen molar-refractivity contribution in [1.29, 1.82) is 0 Å². The number of nitrogens with zero attached hydrogens (tertiary/aromatic N) is 5. The van der Waals surface area contributed by atoms with Gasteiger partial charge in [0.05, 0.1) is 12.0 Å². The summed E-state index contributed by atoms with van der Waals surface area (Å²) in [6.07, 6.45) is 7.65.